The molecule has 0 saturated carbocycles. The average molecular weight is 1100 g/mol. The molecule has 79 heavy (non-hydrogen) atoms. The van der Waals surface area contributed by atoms with Gasteiger partial charge in [-0.3, -0.25) is 14.4 Å². The Bertz CT molecular complexity index is 1540. The third kappa shape index (κ3) is 65.0. The first-order valence-electron chi connectivity index (χ1n) is 33.7. The Labute approximate surface area is 489 Å². The van der Waals surface area contributed by atoms with Gasteiger partial charge in [-0.25, -0.2) is 0 Å². The van der Waals surface area contributed by atoms with Crippen LogP contribution < -0.4 is 0 Å². The van der Waals surface area contributed by atoms with E-state index < -0.39 is 6.10 Å². The van der Waals surface area contributed by atoms with Crippen molar-refractivity contribution in [2.75, 3.05) is 13.2 Å². The zero-order valence-corrected chi connectivity index (χ0v) is 52.1. The first-order valence-corrected chi connectivity index (χ1v) is 33.7. The Morgan fingerprint density at radius 2 is 0.494 bits per heavy atom. The predicted molar refractivity (Wildman–Crippen MR) is 344 cm³/mol. The molecule has 0 bridgehead atoms. The van der Waals surface area contributed by atoms with Crippen LogP contribution in [0.25, 0.3) is 0 Å². The number of allylic oxidation sites excluding steroid dienone is 16. The summed E-state index contributed by atoms with van der Waals surface area (Å²) >= 11 is 0. The van der Waals surface area contributed by atoms with Crippen molar-refractivity contribution < 1.29 is 28.6 Å². The lowest BCUT2D eigenvalue weighted by Crippen LogP contribution is -2.30. The quantitative estimate of drug-likeness (QED) is 0.0261. The van der Waals surface area contributed by atoms with Gasteiger partial charge in [0.2, 0.25) is 0 Å². The number of hydrogen-bond acceptors (Lipinski definition) is 6. The third-order valence-electron chi connectivity index (χ3n) is 14.6. The lowest BCUT2D eigenvalue weighted by Gasteiger charge is -2.18. The topological polar surface area (TPSA) is 78.9 Å². The summed E-state index contributed by atoms with van der Waals surface area (Å²) in [4.78, 5) is 38.4. The maximum Gasteiger partial charge on any atom is 0.306 e. The van der Waals surface area contributed by atoms with Gasteiger partial charge < -0.3 is 14.2 Å². The highest BCUT2D eigenvalue weighted by Crippen LogP contribution is 2.17. The predicted octanol–water partition coefficient (Wildman–Crippen LogP) is 23.2. The molecule has 0 spiro atoms. The van der Waals surface area contributed by atoms with E-state index in [0.717, 1.165) is 122 Å². The summed E-state index contributed by atoms with van der Waals surface area (Å²) in [6, 6.07) is 0. The highest BCUT2D eigenvalue weighted by Gasteiger charge is 2.19. The van der Waals surface area contributed by atoms with Crippen molar-refractivity contribution in [1.82, 2.24) is 0 Å². The standard InChI is InChI=1S/C73H126O6/c1-4-7-10-13-16-19-22-25-28-31-33-34-35-36-37-38-40-42-45-48-51-54-57-60-63-66-72(75)78-69-70(68-77-71(74)65-62-59-56-53-50-47-44-41-30-27-24-21-18-15-12-9-6-3)79-73(76)67-64-61-58-55-52-49-46-43-39-32-29-26-23-20-17-14-11-8-5-2/h7-8,10-11,16-17,19-20,25-26,28-29,33-34,39,43,70H,4-6,9,12-15,18,21-24,27,30-32,35-38,40-42,44-69H2,1-3H3/b10-7-,11-8-,19-16-,20-17-,28-25-,29-26-,34-33-,43-39-. The lowest BCUT2D eigenvalue weighted by atomic mass is 10.0. The maximum atomic E-state index is 12.9. The Morgan fingerprint density at radius 1 is 0.266 bits per heavy atom. The van der Waals surface area contributed by atoms with Crippen molar-refractivity contribution in [3.63, 3.8) is 0 Å². The minimum absolute atomic E-state index is 0.0806. The normalized spacial score (nSPS) is 12.7. The number of unbranched alkanes of at least 4 members (excludes halogenated alkanes) is 34. The zero-order chi connectivity index (χ0) is 57.1. The summed E-state index contributed by atoms with van der Waals surface area (Å²) in [6.45, 7) is 6.45. The minimum Gasteiger partial charge on any atom is -0.462 e. The lowest BCUT2D eigenvalue weighted by molar-refractivity contribution is -0.167. The van der Waals surface area contributed by atoms with E-state index in [2.05, 4.69) is 118 Å². The molecule has 0 saturated heterocycles. The summed E-state index contributed by atoms with van der Waals surface area (Å²) in [5, 5.41) is 0. The average Bonchev–Trinajstić information content (AvgIpc) is 3.45. The molecule has 0 aromatic rings. The van der Waals surface area contributed by atoms with E-state index in [1.165, 1.54) is 167 Å². The van der Waals surface area contributed by atoms with Crippen LogP contribution in [0.2, 0.25) is 0 Å². The van der Waals surface area contributed by atoms with E-state index in [-0.39, 0.29) is 31.1 Å². The van der Waals surface area contributed by atoms with Crippen LogP contribution in [-0.2, 0) is 28.6 Å². The summed E-state index contributed by atoms with van der Waals surface area (Å²) in [6.07, 6.45) is 89.9. The van der Waals surface area contributed by atoms with Crippen LogP contribution in [0.4, 0.5) is 0 Å². The fourth-order valence-corrected chi connectivity index (χ4v) is 9.60. The SMILES string of the molecule is CC/C=C\C/C=C\C/C=C\C/C=C\CCCCCCCCCCCCCCC(=O)OCC(COC(=O)CCCCCCCCCCCCCCCCCCC)OC(=O)CCCCCCCC/C=C\C/C=C\C/C=C\C/C=C\CC. The number of esters is 3. The molecule has 0 N–H and O–H groups in total. The first-order chi connectivity index (χ1) is 39.0. The summed E-state index contributed by atoms with van der Waals surface area (Å²) < 4.78 is 17.0. The van der Waals surface area contributed by atoms with E-state index >= 15 is 0 Å². The maximum absolute atomic E-state index is 12.9. The van der Waals surface area contributed by atoms with Gasteiger partial charge in [0.1, 0.15) is 13.2 Å². The third-order valence-corrected chi connectivity index (χ3v) is 14.6. The smallest absolute Gasteiger partial charge is 0.306 e. The van der Waals surface area contributed by atoms with Crippen LogP contribution in [0.15, 0.2) is 97.2 Å². The largest absolute Gasteiger partial charge is 0.462 e. The van der Waals surface area contributed by atoms with Gasteiger partial charge in [-0.1, -0.05) is 311 Å². The monoisotopic (exact) mass is 1100 g/mol. The number of rotatable bonds is 61. The number of hydrogen-bond donors (Lipinski definition) is 0. The number of carbonyl (C=O) groups is 3. The van der Waals surface area contributed by atoms with Crippen LogP contribution in [0.5, 0.6) is 0 Å². The molecular weight excluding hydrogens is 973 g/mol. The van der Waals surface area contributed by atoms with E-state index in [1.807, 2.05) is 0 Å². The van der Waals surface area contributed by atoms with E-state index in [9.17, 15) is 14.4 Å². The van der Waals surface area contributed by atoms with Gasteiger partial charge in [0.25, 0.3) is 0 Å². The molecule has 6 nitrogen and oxygen atoms in total. The molecule has 0 aromatic heterocycles. The Morgan fingerprint density at radius 3 is 0.772 bits per heavy atom. The molecule has 0 radical (unpaired) electrons. The van der Waals surface area contributed by atoms with Gasteiger partial charge in [-0.05, 0) is 96.3 Å². The highest BCUT2D eigenvalue weighted by molar-refractivity contribution is 5.71. The van der Waals surface area contributed by atoms with Crippen LogP contribution in [0.3, 0.4) is 0 Å². The molecule has 1 unspecified atom stereocenters. The second-order valence-corrected chi connectivity index (χ2v) is 22.3. The van der Waals surface area contributed by atoms with E-state index in [4.69, 9.17) is 14.2 Å². The van der Waals surface area contributed by atoms with Gasteiger partial charge in [0.05, 0.1) is 0 Å². The molecule has 0 aliphatic carbocycles. The van der Waals surface area contributed by atoms with Gasteiger partial charge in [0.15, 0.2) is 6.10 Å². The van der Waals surface area contributed by atoms with Crippen molar-refractivity contribution in [3.05, 3.63) is 97.2 Å². The minimum atomic E-state index is -0.787. The van der Waals surface area contributed by atoms with Crippen LogP contribution in [-0.4, -0.2) is 37.2 Å². The summed E-state index contributed by atoms with van der Waals surface area (Å²) in [7, 11) is 0. The molecule has 1 atom stereocenters. The zero-order valence-electron chi connectivity index (χ0n) is 52.1. The van der Waals surface area contributed by atoms with Crippen molar-refractivity contribution in [2.24, 2.45) is 0 Å². The second kappa shape index (κ2) is 66.8. The molecular formula is C73H126O6. The summed E-state index contributed by atoms with van der Waals surface area (Å²) in [5.41, 5.74) is 0. The molecule has 0 amide bonds. The molecule has 0 aliphatic heterocycles. The molecule has 6 heteroatoms. The van der Waals surface area contributed by atoms with Crippen molar-refractivity contribution in [2.45, 2.75) is 335 Å². The van der Waals surface area contributed by atoms with Crippen LogP contribution in [0, 0.1) is 0 Å². The summed E-state index contributed by atoms with van der Waals surface area (Å²) in [5.74, 6) is -0.881. The number of carbonyl (C=O) groups excluding carboxylic acids is 3. The van der Waals surface area contributed by atoms with Crippen molar-refractivity contribution >= 4 is 17.9 Å². The molecule has 0 heterocycles. The molecule has 454 valence electrons. The second-order valence-electron chi connectivity index (χ2n) is 22.3. The number of ether oxygens (including phenoxy) is 3. The van der Waals surface area contributed by atoms with Gasteiger partial charge >= 0.3 is 17.9 Å². The first kappa shape index (κ1) is 75.3. The van der Waals surface area contributed by atoms with E-state index in [0.29, 0.717) is 19.3 Å². The highest BCUT2D eigenvalue weighted by atomic mass is 16.6. The van der Waals surface area contributed by atoms with Crippen LogP contribution in [0.1, 0.15) is 329 Å². The molecule has 0 aliphatic rings. The van der Waals surface area contributed by atoms with E-state index in [1.54, 1.807) is 0 Å². The van der Waals surface area contributed by atoms with Crippen LogP contribution >= 0.6 is 0 Å². The van der Waals surface area contributed by atoms with Crippen molar-refractivity contribution in [3.8, 4) is 0 Å². The van der Waals surface area contributed by atoms with Gasteiger partial charge in [-0.2, -0.15) is 0 Å². The Hall–Kier alpha value is -3.67. The van der Waals surface area contributed by atoms with Gasteiger partial charge in [0, 0.05) is 19.3 Å². The Kier molecular flexibility index (Phi) is 63.7. The molecule has 0 fully saturated rings. The Balaban J connectivity index is 4.36. The molecule has 0 aromatic carbocycles. The fraction of sp³-hybridized carbons (Fsp3) is 0.740. The van der Waals surface area contributed by atoms with Crippen molar-refractivity contribution in [1.29, 1.82) is 0 Å². The fourth-order valence-electron chi connectivity index (χ4n) is 9.60. The van der Waals surface area contributed by atoms with Gasteiger partial charge in [-0.15, -0.1) is 0 Å². The molecule has 0 rings (SSSR count).